The van der Waals surface area contributed by atoms with Crippen LogP contribution in [0.1, 0.15) is 30.0 Å². The highest BCUT2D eigenvalue weighted by Crippen LogP contribution is 2.40. The van der Waals surface area contributed by atoms with Crippen molar-refractivity contribution in [3.05, 3.63) is 40.6 Å². The van der Waals surface area contributed by atoms with Crippen LogP contribution >= 0.6 is 11.3 Å². The maximum Gasteiger partial charge on any atom is 0.244 e. The van der Waals surface area contributed by atoms with Crippen LogP contribution in [0.2, 0.25) is 0 Å². The van der Waals surface area contributed by atoms with Crippen LogP contribution in [0.25, 0.3) is 0 Å². The third kappa shape index (κ3) is 3.33. The molecule has 132 valence electrons. The van der Waals surface area contributed by atoms with Gasteiger partial charge in [0.05, 0.1) is 25.1 Å². The van der Waals surface area contributed by atoms with Crippen molar-refractivity contribution in [2.45, 2.75) is 32.4 Å². The predicted octanol–water partition coefficient (Wildman–Crippen LogP) is 1.84. The van der Waals surface area contributed by atoms with Crippen LogP contribution in [0.3, 0.4) is 0 Å². The molecule has 25 heavy (non-hydrogen) atoms. The van der Waals surface area contributed by atoms with E-state index in [-0.39, 0.29) is 17.7 Å². The molecule has 0 radical (unpaired) electrons. The van der Waals surface area contributed by atoms with Crippen molar-refractivity contribution in [3.8, 4) is 0 Å². The Morgan fingerprint density at radius 2 is 2.28 bits per heavy atom. The molecular formula is C18H22N4O2S. The summed E-state index contributed by atoms with van der Waals surface area (Å²) in [5.74, 6) is 0.739. The summed E-state index contributed by atoms with van der Waals surface area (Å²) < 4.78 is 1.90. The number of imidazole rings is 1. The van der Waals surface area contributed by atoms with Gasteiger partial charge in [-0.15, -0.1) is 11.3 Å². The van der Waals surface area contributed by atoms with E-state index in [1.165, 1.54) is 4.88 Å². The normalized spacial score (nSPS) is 24.7. The van der Waals surface area contributed by atoms with Crippen LogP contribution in [0.15, 0.2) is 30.0 Å². The molecule has 3 atom stereocenters. The lowest BCUT2D eigenvalue weighted by Gasteiger charge is -2.34. The highest BCUT2D eigenvalue weighted by atomic mass is 32.1. The van der Waals surface area contributed by atoms with Crippen molar-refractivity contribution in [1.29, 1.82) is 0 Å². The summed E-state index contributed by atoms with van der Waals surface area (Å²) in [6.45, 7) is 3.68. The van der Waals surface area contributed by atoms with Crippen LogP contribution in [-0.2, 0) is 22.6 Å². The van der Waals surface area contributed by atoms with Gasteiger partial charge >= 0.3 is 0 Å². The molecule has 0 saturated heterocycles. The van der Waals surface area contributed by atoms with Crippen molar-refractivity contribution in [2.75, 3.05) is 13.1 Å². The molecule has 0 unspecified atom stereocenters. The van der Waals surface area contributed by atoms with Crippen LogP contribution in [-0.4, -0.2) is 39.4 Å². The number of hydrogen-bond acceptors (Lipinski definition) is 4. The molecule has 3 heterocycles. The molecule has 6 nitrogen and oxygen atoms in total. The number of aromatic nitrogens is 2. The number of nitrogens with one attached hydrogen (secondary N) is 1. The molecule has 4 rings (SSSR count). The molecule has 0 aromatic carbocycles. The lowest BCUT2D eigenvalue weighted by Crippen LogP contribution is -2.47. The second kappa shape index (κ2) is 6.63. The van der Waals surface area contributed by atoms with Gasteiger partial charge in [0.25, 0.3) is 0 Å². The van der Waals surface area contributed by atoms with Gasteiger partial charge < -0.3 is 14.8 Å². The minimum Gasteiger partial charge on any atom is -0.354 e. The minimum absolute atomic E-state index is 0.0443. The molecule has 2 aliphatic rings. The molecule has 2 aromatic rings. The third-order valence-electron chi connectivity index (χ3n) is 5.12. The van der Waals surface area contributed by atoms with Gasteiger partial charge in [-0.25, -0.2) is 4.98 Å². The Hall–Kier alpha value is -2.15. The zero-order chi connectivity index (χ0) is 17.4. The van der Waals surface area contributed by atoms with Crippen molar-refractivity contribution < 1.29 is 9.59 Å². The first-order chi connectivity index (χ1) is 12.1. The molecule has 7 heteroatoms. The summed E-state index contributed by atoms with van der Waals surface area (Å²) in [6.07, 6.45) is 5.24. The first-order valence-corrected chi connectivity index (χ1v) is 9.61. The number of hydrogen-bond donors (Lipinski definition) is 1. The van der Waals surface area contributed by atoms with Gasteiger partial charge in [0.15, 0.2) is 0 Å². The fraction of sp³-hybridized carbons (Fsp3) is 0.500. The summed E-state index contributed by atoms with van der Waals surface area (Å²) in [5, 5.41) is 5.06. The average Bonchev–Trinajstić information content (AvgIpc) is 3.03. The fourth-order valence-corrected chi connectivity index (χ4v) is 4.16. The van der Waals surface area contributed by atoms with Crippen molar-refractivity contribution in [3.63, 3.8) is 0 Å². The van der Waals surface area contributed by atoms with E-state index in [0.717, 1.165) is 18.5 Å². The molecule has 2 aromatic heterocycles. The highest BCUT2D eigenvalue weighted by molar-refractivity contribution is 7.09. The molecule has 0 spiro atoms. The smallest absolute Gasteiger partial charge is 0.244 e. The fourth-order valence-electron chi connectivity index (χ4n) is 3.45. The van der Waals surface area contributed by atoms with Gasteiger partial charge in [0.2, 0.25) is 11.8 Å². The molecular weight excluding hydrogens is 336 g/mol. The SMILES string of the molecule is C[C@@H]1C[C@@H]1C(=O)N1Cc2cncn2[C@H](C(=O)NCCc2cccs2)C1. The van der Waals surface area contributed by atoms with Crippen LogP contribution in [0.5, 0.6) is 0 Å². The lowest BCUT2D eigenvalue weighted by atomic mass is 10.1. The van der Waals surface area contributed by atoms with E-state index in [2.05, 4.69) is 23.3 Å². The summed E-state index contributed by atoms with van der Waals surface area (Å²) in [5.41, 5.74) is 0.923. The maximum atomic E-state index is 12.7. The lowest BCUT2D eigenvalue weighted by molar-refractivity contribution is -0.136. The monoisotopic (exact) mass is 358 g/mol. The number of fused-ring (bicyclic) bond motifs is 1. The van der Waals surface area contributed by atoms with E-state index in [1.54, 1.807) is 23.9 Å². The number of rotatable bonds is 5. The summed E-state index contributed by atoms with van der Waals surface area (Å²) in [4.78, 5) is 32.6. The molecule has 0 bridgehead atoms. The Morgan fingerprint density at radius 1 is 1.44 bits per heavy atom. The number of carbonyl (C=O) groups excluding carboxylic acids is 2. The largest absolute Gasteiger partial charge is 0.354 e. The Labute approximate surface area is 150 Å². The van der Waals surface area contributed by atoms with Crippen LogP contribution < -0.4 is 5.32 Å². The second-order valence-electron chi connectivity index (χ2n) is 6.97. The number of carbonyl (C=O) groups is 2. The molecule has 1 saturated carbocycles. The Morgan fingerprint density at radius 3 is 3.00 bits per heavy atom. The van der Waals surface area contributed by atoms with E-state index in [4.69, 9.17) is 0 Å². The van der Waals surface area contributed by atoms with Gasteiger partial charge in [0.1, 0.15) is 6.04 Å². The molecule has 2 amide bonds. The quantitative estimate of drug-likeness (QED) is 0.887. The standard InChI is InChI=1S/C18H22N4O2S/c1-12-7-15(12)18(24)21-9-13-8-19-11-22(13)16(10-21)17(23)20-5-4-14-3-2-6-25-14/h2-3,6,8,11-12,15-16H,4-5,7,9-10H2,1H3,(H,20,23)/t12-,15+,16+/m1/s1. The Balaban J connectivity index is 1.42. The van der Waals surface area contributed by atoms with E-state index in [1.807, 2.05) is 20.9 Å². The Kier molecular flexibility index (Phi) is 4.33. The Bertz CT molecular complexity index is 770. The summed E-state index contributed by atoms with van der Waals surface area (Å²) in [6, 6.07) is 3.69. The van der Waals surface area contributed by atoms with Gasteiger partial charge in [-0.2, -0.15) is 0 Å². The zero-order valence-corrected chi connectivity index (χ0v) is 15.0. The molecule has 1 aliphatic carbocycles. The topological polar surface area (TPSA) is 67.2 Å². The van der Waals surface area contributed by atoms with Gasteiger partial charge in [-0.05, 0) is 30.2 Å². The number of amides is 2. The van der Waals surface area contributed by atoms with Gasteiger partial charge in [-0.1, -0.05) is 13.0 Å². The zero-order valence-electron chi connectivity index (χ0n) is 14.2. The van der Waals surface area contributed by atoms with Gasteiger partial charge in [-0.3, -0.25) is 9.59 Å². The molecule has 1 N–H and O–H groups in total. The van der Waals surface area contributed by atoms with Crippen molar-refractivity contribution in [2.24, 2.45) is 11.8 Å². The second-order valence-corrected chi connectivity index (χ2v) is 8.00. The van der Waals surface area contributed by atoms with E-state index in [9.17, 15) is 9.59 Å². The molecule has 1 aliphatic heterocycles. The van der Waals surface area contributed by atoms with E-state index < -0.39 is 6.04 Å². The van der Waals surface area contributed by atoms with Crippen molar-refractivity contribution >= 4 is 23.2 Å². The first-order valence-electron chi connectivity index (χ1n) is 8.73. The minimum atomic E-state index is -0.396. The maximum absolute atomic E-state index is 12.7. The number of nitrogens with zero attached hydrogens (tertiary/aromatic N) is 3. The van der Waals surface area contributed by atoms with E-state index >= 15 is 0 Å². The highest BCUT2D eigenvalue weighted by Gasteiger charge is 2.43. The predicted molar refractivity (Wildman–Crippen MR) is 95.0 cm³/mol. The van der Waals surface area contributed by atoms with E-state index in [0.29, 0.717) is 25.6 Å². The third-order valence-corrected chi connectivity index (χ3v) is 6.06. The summed E-state index contributed by atoms with van der Waals surface area (Å²) in [7, 11) is 0. The average molecular weight is 358 g/mol. The van der Waals surface area contributed by atoms with Crippen LogP contribution in [0.4, 0.5) is 0 Å². The number of thiophene rings is 1. The van der Waals surface area contributed by atoms with Gasteiger partial charge in [0, 0.05) is 23.5 Å². The first kappa shape index (κ1) is 16.3. The molecule has 1 fully saturated rings. The summed E-state index contributed by atoms with van der Waals surface area (Å²) >= 11 is 1.70. The van der Waals surface area contributed by atoms with Crippen LogP contribution in [0, 0.1) is 11.8 Å². The van der Waals surface area contributed by atoms with Crippen molar-refractivity contribution in [1.82, 2.24) is 19.8 Å².